The Kier molecular flexibility index (Phi) is 5.96. The van der Waals surface area contributed by atoms with E-state index in [1.165, 1.54) is 0 Å². The van der Waals surface area contributed by atoms with Crippen molar-refractivity contribution in [2.24, 2.45) is 0 Å². The lowest BCUT2D eigenvalue weighted by molar-refractivity contribution is -0.129. The Morgan fingerprint density at radius 2 is 2.15 bits per heavy atom. The molecule has 27 heavy (non-hydrogen) atoms. The molecule has 1 fully saturated rings. The van der Waals surface area contributed by atoms with E-state index in [0.29, 0.717) is 36.0 Å². The summed E-state index contributed by atoms with van der Waals surface area (Å²) in [4.78, 5) is 32.0. The van der Waals surface area contributed by atoms with Crippen LogP contribution in [0.3, 0.4) is 0 Å². The molecule has 6 nitrogen and oxygen atoms in total. The zero-order chi connectivity index (χ0) is 19.4. The monoisotopic (exact) mass is 386 g/mol. The Morgan fingerprint density at radius 1 is 1.33 bits per heavy atom. The van der Waals surface area contributed by atoms with E-state index in [-0.39, 0.29) is 17.9 Å². The standard InChI is InChI=1S/C20H23ClN4O2/c1-14(26)24(2)18-8-9-25(13-18)20(27)16-6-7-19(23-12-16)22-11-15-4-3-5-17(21)10-15/h3-7,10,12,18H,8-9,11,13H2,1-2H3,(H,22,23)/t18-/m0/s1. The highest BCUT2D eigenvalue weighted by atomic mass is 35.5. The molecule has 142 valence electrons. The summed E-state index contributed by atoms with van der Waals surface area (Å²) in [6.07, 6.45) is 2.39. The normalized spacial score (nSPS) is 16.3. The number of pyridine rings is 1. The Morgan fingerprint density at radius 3 is 2.81 bits per heavy atom. The minimum atomic E-state index is -0.0525. The molecule has 2 heterocycles. The third-order valence-corrected chi connectivity index (χ3v) is 5.10. The number of halogens is 1. The number of benzene rings is 1. The van der Waals surface area contributed by atoms with Crippen molar-refractivity contribution in [1.29, 1.82) is 0 Å². The molecular formula is C20H23ClN4O2. The summed E-state index contributed by atoms with van der Waals surface area (Å²) in [5.41, 5.74) is 1.61. The third-order valence-electron chi connectivity index (χ3n) is 4.87. The lowest BCUT2D eigenvalue weighted by Gasteiger charge is -2.23. The second-order valence-electron chi connectivity index (χ2n) is 6.74. The Balaban J connectivity index is 1.57. The zero-order valence-electron chi connectivity index (χ0n) is 15.5. The Bertz CT molecular complexity index is 825. The summed E-state index contributed by atoms with van der Waals surface area (Å²) < 4.78 is 0. The first-order valence-electron chi connectivity index (χ1n) is 8.91. The van der Waals surface area contributed by atoms with Gasteiger partial charge in [-0.05, 0) is 36.2 Å². The van der Waals surface area contributed by atoms with Crippen LogP contribution in [0.15, 0.2) is 42.6 Å². The number of carbonyl (C=O) groups is 2. The van der Waals surface area contributed by atoms with E-state index in [1.807, 2.05) is 24.3 Å². The molecule has 0 aliphatic carbocycles. The van der Waals surface area contributed by atoms with Crippen molar-refractivity contribution in [3.8, 4) is 0 Å². The molecule has 1 aromatic carbocycles. The van der Waals surface area contributed by atoms with E-state index < -0.39 is 0 Å². The summed E-state index contributed by atoms with van der Waals surface area (Å²) in [6.45, 7) is 3.36. The van der Waals surface area contributed by atoms with E-state index in [4.69, 9.17) is 11.6 Å². The minimum Gasteiger partial charge on any atom is -0.366 e. The average Bonchev–Trinajstić information content (AvgIpc) is 3.15. The van der Waals surface area contributed by atoms with Gasteiger partial charge in [0.05, 0.1) is 11.6 Å². The van der Waals surface area contributed by atoms with Crippen LogP contribution in [0.5, 0.6) is 0 Å². The lowest BCUT2D eigenvalue weighted by Crippen LogP contribution is -2.38. The fourth-order valence-electron chi connectivity index (χ4n) is 3.15. The smallest absolute Gasteiger partial charge is 0.255 e. The Hall–Kier alpha value is -2.60. The highest BCUT2D eigenvalue weighted by Gasteiger charge is 2.30. The molecule has 0 unspecified atom stereocenters. The predicted molar refractivity (Wildman–Crippen MR) is 106 cm³/mol. The quantitative estimate of drug-likeness (QED) is 0.857. The number of hydrogen-bond donors (Lipinski definition) is 1. The molecule has 0 bridgehead atoms. The van der Waals surface area contributed by atoms with Crippen molar-refractivity contribution >= 4 is 29.2 Å². The minimum absolute atomic E-state index is 0.0195. The maximum Gasteiger partial charge on any atom is 0.255 e. The van der Waals surface area contributed by atoms with Gasteiger partial charge in [-0.2, -0.15) is 0 Å². The maximum absolute atomic E-state index is 12.7. The fraction of sp³-hybridized carbons (Fsp3) is 0.350. The van der Waals surface area contributed by atoms with E-state index in [9.17, 15) is 9.59 Å². The molecule has 1 aliphatic rings. The van der Waals surface area contributed by atoms with Crippen molar-refractivity contribution in [2.75, 3.05) is 25.5 Å². The van der Waals surface area contributed by atoms with Gasteiger partial charge in [-0.3, -0.25) is 9.59 Å². The van der Waals surface area contributed by atoms with Gasteiger partial charge in [0.15, 0.2) is 0 Å². The second-order valence-corrected chi connectivity index (χ2v) is 7.18. The first-order chi connectivity index (χ1) is 12.9. The molecule has 3 rings (SSSR count). The van der Waals surface area contributed by atoms with Crippen LogP contribution in [0.4, 0.5) is 5.82 Å². The fourth-order valence-corrected chi connectivity index (χ4v) is 3.36. The molecule has 1 aromatic heterocycles. The van der Waals surface area contributed by atoms with Crippen LogP contribution in [0.25, 0.3) is 0 Å². The number of rotatable bonds is 5. The van der Waals surface area contributed by atoms with Gasteiger partial charge >= 0.3 is 0 Å². The molecule has 1 aliphatic heterocycles. The van der Waals surface area contributed by atoms with Gasteiger partial charge in [0.2, 0.25) is 5.91 Å². The number of anilines is 1. The van der Waals surface area contributed by atoms with Gasteiger partial charge in [-0.25, -0.2) is 4.98 Å². The molecule has 1 saturated heterocycles. The average molecular weight is 387 g/mol. The summed E-state index contributed by atoms with van der Waals surface area (Å²) in [6, 6.07) is 11.3. The first-order valence-corrected chi connectivity index (χ1v) is 9.29. The van der Waals surface area contributed by atoms with Crippen LogP contribution < -0.4 is 5.32 Å². The second kappa shape index (κ2) is 8.39. The number of amides is 2. The number of likely N-dealkylation sites (N-methyl/N-ethyl adjacent to an activating group) is 1. The van der Waals surface area contributed by atoms with Crippen molar-refractivity contribution in [3.63, 3.8) is 0 Å². The third kappa shape index (κ3) is 4.77. The van der Waals surface area contributed by atoms with Gasteiger partial charge in [0.25, 0.3) is 5.91 Å². The molecule has 2 aromatic rings. The number of likely N-dealkylation sites (tertiary alicyclic amines) is 1. The summed E-state index contributed by atoms with van der Waals surface area (Å²) in [7, 11) is 1.78. The lowest BCUT2D eigenvalue weighted by atomic mass is 10.2. The maximum atomic E-state index is 12.7. The van der Waals surface area contributed by atoms with Gasteiger partial charge in [-0.1, -0.05) is 23.7 Å². The summed E-state index contributed by atoms with van der Waals surface area (Å²) in [5, 5.41) is 3.92. The molecule has 0 radical (unpaired) electrons. The zero-order valence-corrected chi connectivity index (χ0v) is 16.2. The van der Waals surface area contributed by atoms with Crippen LogP contribution in [-0.2, 0) is 11.3 Å². The first kappa shape index (κ1) is 19.2. The van der Waals surface area contributed by atoms with Crippen molar-refractivity contribution in [1.82, 2.24) is 14.8 Å². The topological polar surface area (TPSA) is 65.5 Å². The Labute approximate surface area is 164 Å². The molecule has 0 spiro atoms. The van der Waals surface area contributed by atoms with Crippen molar-refractivity contribution in [2.45, 2.75) is 25.9 Å². The van der Waals surface area contributed by atoms with Crippen LogP contribution in [0.2, 0.25) is 5.02 Å². The van der Waals surface area contributed by atoms with E-state index in [2.05, 4.69) is 10.3 Å². The van der Waals surface area contributed by atoms with Gasteiger partial charge < -0.3 is 15.1 Å². The van der Waals surface area contributed by atoms with E-state index >= 15 is 0 Å². The molecular weight excluding hydrogens is 364 g/mol. The molecule has 1 N–H and O–H groups in total. The summed E-state index contributed by atoms with van der Waals surface area (Å²) >= 11 is 5.98. The van der Waals surface area contributed by atoms with E-state index in [1.54, 1.807) is 42.1 Å². The number of carbonyl (C=O) groups excluding carboxylic acids is 2. The van der Waals surface area contributed by atoms with Crippen LogP contribution in [0.1, 0.15) is 29.3 Å². The number of nitrogens with zero attached hydrogens (tertiary/aromatic N) is 3. The molecule has 0 saturated carbocycles. The largest absolute Gasteiger partial charge is 0.366 e. The van der Waals surface area contributed by atoms with Crippen LogP contribution >= 0.6 is 11.6 Å². The van der Waals surface area contributed by atoms with Crippen LogP contribution in [-0.4, -0.2) is 52.8 Å². The predicted octanol–water partition coefficient (Wildman–Crippen LogP) is 3.04. The SMILES string of the molecule is CC(=O)N(C)[C@H]1CCN(C(=O)c2ccc(NCc3cccc(Cl)c3)nc2)C1. The molecule has 1 atom stereocenters. The van der Waals surface area contributed by atoms with Crippen molar-refractivity contribution in [3.05, 3.63) is 58.7 Å². The highest BCUT2D eigenvalue weighted by Crippen LogP contribution is 2.18. The highest BCUT2D eigenvalue weighted by molar-refractivity contribution is 6.30. The van der Waals surface area contributed by atoms with E-state index in [0.717, 1.165) is 12.0 Å². The van der Waals surface area contributed by atoms with Gasteiger partial charge in [0, 0.05) is 44.8 Å². The molecule has 7 heteroatoms. The van der Waals surface area contributed by atoms with Gasteiger partial charge in [-0.15, -0.1) is 0 Å². The number of aromatic nitrogens is 1. The molecule has 2 amide bonds. The number of hydrogen-bond acceptors (Lipinski definition) is 4. The van der Waals surface area contributed by atoms with Crippen LogP contribution in [0, 0.1) is 0 Å². The summed E-state index contributed by atoms with van der Waals surface area (Å²) in [5.74, 6) is 0.663. The van der Waals surface area contributed by atoms with Gasteiger partial charge in [0.1, 0.15) is 5.82 Å². The van der Waals surface area contributed by atoms with Crippen molar-refractivity contribution < 1.29 is 9.59 Å². The number of nitrogens with one attached hydrogen (secondary N) is 1.